The molecule has 22 heavy (non-hydrogen) atoms. The zero-order chi connectivity index (χ0) is 15.7. The maximum absolute atomic E-state index is 13.8. The van der Waals surface area contributed by atoms with Crippen LogP contribution in [0.25, 0.3) is 0 Å². The van der Waals surface area contributed by atoms with E-state index < -0.39 is 11.9 Å². The van der Waals surface area contributed by atoms with Gasteiger partial charge in [-0.1, -0.05) is 30.3 Å². The summed E-state index contributed by atoms with van der Waals surface area (Å²) in [6, 6.07) is 11.7. The number of anilines is 1. The molecule has 0 aliphatic carbocycles. The van der Waals surface area contributed by atoms with Crippen LogP contribution in [-0.2, 0) is 11.2 Å². The zero-order valence-electron chi connectivity index (χ0n) is 12.4. The molecule has 3 rings (SSSR count). The first-order valence-corrected chi connectivity index (χ1v) is 7.47. The predicted octanol–water partition coefficient (Wildman–Crippen LogP) is 3.21. The topological polar surface area (TPSA) is 40.5 Å². The van der Waals surface area contributed by atoms with Crippen molar-refractivity contribution in [2.24, 2.45) is 0 Å². The van der Waals surface area contributed by atoms with Crippen molar-refractivity contribution in [1.82, 2.24) is 0 Å². The monoisotopic (exact) mass is 299 g/mol. The van der Waals surface area contributed by atoms with Crippen LogP contribution >= 0.6 is 0 Å². The minimum atomic E-state index is -1.00. The van der Waals surface area contributed by atoms with E-state index in [0.29, 0.717) is 24.9 Å². The highest BCUT2D eigenvalue weighted by Gasteiger charge is 2.24. The Labute approximate surface area is 129 Å². The lowest BCUT2D eigenvalue weighted by atomic mass is 9.94. The Morgan fingerprint density at radius 2 is 2.00 bits per heavy atom. The van der Waals surface area contributed by atoms with E-state index in [4.69, 9.17) is 0 Å². The summed E-state index contributed by atoms with van der Waals surface area (Å²) < 4.78 is 13.8. The summed E-state index contributed by atoms with van der Waals surface area (Å²) in [5.74, 6) is -0.296. The van der Waals surface area contributed by atoms with Gasteiger partial charge in [-0.05, 0) is 36.6 Å². The van der Waals surface area contributed by atoms with Crippen molar-refractivity contribution < 1.29 is 14.3 Å². The van der Waals surface area contributed by atoms with Gasteiger partial charge in [-0.3, -0.25) is 4.79 Å². The molecule has 3 nitrogen and oxygen atoms in total. The van der Waals surface area contributed by atoms with Crippen molar-refractivity contribution in [2.45, 2.75) is 25.9 Å². The number of carbonyl (C=O) groups excluding carboxylic acids is 1. The molecule has 114 valence electrons. The molecule has 1 heterocycles. The number of nitrogens with zero attached hydrogens (tertiary/aromatic N) is 1. The summed E-state index contributed by atoms with van der Waals surface area (Å²) in [5, 5.41) is 10.4. The normalized spacial score (nSPS) is 15.6. The Hall–Kier alpha value is -2.20. The van der Waals surface area contributed by atoms with Crippen LogP contribution < -0.4 is 4.90 Å². The molecule has 0 bridgehead atoms. The smallest absolute Gasteiger partial charge is 0.227 e. The number of halogens is 1. The first-order valence-electron chi connectivity index (χ1n) is 7.47. The highest BCUT2D eigenvalue weighted by molar-refractivity contribution is 5.96. The zero-order valence-corrected chi connectivity index (χ0v) is 12.4. The summed E-state index contributed by atoms with van der Waals surface area (Å²) in [6.45, 7) is 2.57. The van der Waals surface area contributed by atoms with E-state index in [1.54, 1.807) is 29.2 Å². The fourth-order valence-electron chi connectivity index (χ4n) is 2.97. The van der Waals surface area contributed by atoms with Gasteiger partial charge in [0.1, 0.15) is 11.9 Å². The van der Waals surface area contributed by atoms with Crippen LogP contribution in [0.4, 0.5) is 10.1 Å². The second kappa shape index (κ2) is 5.89. The van der Waals surface area contributed by atoms with Crippen molar-refractivity contribution in [3.05, 3.63) is 65.0 Å². The summed E-state index contributed by atoms with van der Waals surface area (Å²) in [5.41, 5.74) is 2.83. The van der Waals surface area contributed by atoms with E-state index in [1.165, 1.54) is 6.07 Å². The van der Waals surface area contributed by atoms with Gasteiger partial charge in [0, 0.05) is 24.2 Å². The Balaban J connectivity index is 1.97. The molecule has 0 fully saturated rings. The minimum absolute atomic E-state index is 0.123. The van der Waals surface area contributed by atoms with Crippen molar-refractivity contribution in [2.75, 3.05) is 11.4 Å². The number of hydrogen-bond acceptors (Lipinski definition) is 2. The number of fused-ring (bicyclic) bond motifs is 1. The number of aliphatic hydroxyl groups is 1. The number of rotatable bonds is 3. The molecule has 1 unspecified atom stereocenters. The highest BCUT2D eigenvalue weighted by atomic mass is 19.1. The van der Waals surface area contributed by atoms with Gasteiger partial charge in [0.25, 0.3) is 0 Å². The van der Waals surface area contributed by atoms with Crippen LogP contribution in [0.5, 0.6) is 0 Å². The van der Waals surface area contributed by atoms with Crippen LogP contribution in [0.1, 0.15) is 36.1 Å². The first-order chi connectivity index (χ1) is 10.6. The van der Waals surface area contributed by atoms with E-state index in [1.807, 2.05) is 19.1 Å². The Morgan fingerprint density at radius 1 is 1.23 bits per heavy atom. The predicted molar refractivity (Wildman–Crippen MR) is 83.3 cm³/mol. The lowest BCUT2D eigenvalue weighted by Crippen LogP contribution is -2.34. The van der Waals surface area contributed by atoms with Crippen LogP contribution in [-0.4, -0.2) is 17.6 Å². The average molecular weight is 299 g/mol. The van der Waals surface area contributed by atoms with Crippen LogP contribution in [0, 0.1) is 5.82 Å². The van der Waals surface area contributed by atoms with Gasteiger partial charge in [-0.25, -0.2) is 4.39 Å². The number of aliphatic hydroxyl groups excluding tert-OH is 1. The Bertz CT molecular complexity index is 714. The fourth-order valence-corrected chi connectivity index (χ4v) is 2.97. The standard InChI is InChI=1S/C18H18FNO2/c1-2-20-16-9-7-13(11-12(16)8-10-17(20)21)18(22)14-5-3-4-6-15(14)19/h3-7,9,11,18,22H,2,8,10H2,1H3. The summed E-state index contributed by atoms with van der Waals surface area (Å²) >= 11 is 0. The van der Waals surface area contributed by atoms with Crippen molar-refractivity contribution in [1.29, 1.82) is 0 Å². The molecule has 0 radical (unpaired) electrons. The average Bonchev–Trinajstić information content (AvgIpc) is 2.54. The Kier molecular flexibility index (Phi) is 3.94. The molecule has 1 aliphatic rings. The van der Waals surface area contributed by atoms with E-state index >= 15 is 0 Å². The molecule has 2 aromatic rings. The van der Waals surface area contributed by atoms with E-state index in [-0.39, 0.29) is 11.5 Å². The minimum Gasteiger partial charge on any atom is -0.384 e. The first kappa shape index (κ1) is 14.7. The van der Waals surface area contributed by atoms with E-state index in [9.17, 15) is 14.3 Å². The number of hydrogen-bond donors (Lipinski definition) is 1. The molecule has 1 aliphatic heterocycles. The van der Waals surface area contributed by atoms with Gasteiger partial charge < -0.3 is 10.0 Å². The second-order valence-corrected chi connectivity index (χ2v) is 5.45. The molecule has 1 atom stereocenters. The van der Waals surface area contributed by atoms with Gasteiger partial charge >= 0.3 is 0 Å². The third-order valence-corrected chi connectivity index (χ3v) is 4.14. The van der Waals surface area contributed by atoms with Crippen LogP contribution in [0.3, 0.4) is 0 Å². The van der Waals surface area contributed by atoms with Crippen LogP contribution in [0.2, 0.25) is 0 Å². The number of benzene rings is 2. The van der Waals surface area contributed by atoms with Crippen molar-refractivity contribution >= 4 is 11.6 Å². The SMILES string of the molecule is CCN1C(=O)CCc2cc(C(O)c3ccccc3F)ccc21. The highest BCUT2D eigenvalue weighted by Crippen LogP contribution is 2.32. The lowest BCUT2D eigenvalue weighted by Gasteiger charge is -2.29. The number of aryl methyl sites for hydroxylation is 1. The fraction of sp³-hybridized carbons (Fsp3) is 0.278. The lowest BCUT2D eigenvalue weighted by molar-refractivity contribution is -0.118. The molecular formula is C18H18FNO2. The third-order valence-electron chi connectivity index (χ3n) is 4.14. The molecular weight excluding hydrogens is 281 g/mol. The third kappa shape index (κ3) is 2.50. The largest absolute Gasteiger partial charge is 0.384 e. The van der Waals surface area contributed by atoms with Gasteiger partial charge in [-0.2, -0.15) is 0 Å². The maximum atomic E-state index is 13.8. The van der Waals surface area contributed by atoms with E-state index in [0.717, 1.165) is 11.3 Å². The van der Waals surface area contributed by atoms with Crippen molar-refractivity contribution in [3.63, 3.8) is 0 Å². The van der Waals surface area contributed by atoms with Crippen LogP contribution in [0.15, 0.2) is 42.5 Å². The Morgan fingerprint density at radius 3 is 2.73 bits per heavy atom. The maximum Gasteiger partial charge on any atom is 0.227 e. The summed E-state index contributed by atoms with van der Waals surface area (Å²) in [6.07, 6.45) is 0.127. The molecule has 2 aromatic carbocycles. The molecule has 0 saturated carbocycles. The molecule has 4 heteroatoms. The molecule has 0 spiro atoms. The molecule has 1 N–H and O–H groups in total. The summed E-state index contributed by atoms with van der Waals surface area (Å²) in [7, 11) is 0. The molecule has 1 amide bonds. The van der Waals surface area contributed by atoms with Crippen molar-refractivity contribution in [3.8, 4) is 0 Å². The van der Waals surface area contributed by atoms with Gasteiger partial charge in [0.05, 0.1) is 0 Å². The van der Waals surface area contributed by atoms with Gasteiger partial charge in [0.2, 0.25) is 5.91 Å². The molecule has 0 aromatic heterocycles. The number of carbonyl (C=O) groups is 1. The molecule has 0 saturated heterocycles. The number of amides is 1. The second-order valence-electron chi connectivity index (χ2n) is 5.45. The summed E-state index contributed by atoms with van der Waals surface area (Å²) in [4.78, 5) is 13.6. The van der Waals surface area contributed by atoms with Gasteiger partial charge in [0.15, 0.2) is 0 Å². The quantitative estimate of drug-likeness (QED) is 0.945. The van der Waals surface area contributed by atoms with Gasteiger partial charge in [-0.15, -0.1) is 0 Å². The van der Waals surface area contributed by atoms with E-state index in [2.05, 4.69) is 0 Å².